The van der Waals surface area contributed by atoms with Gasteiger partial charge in [0.2, 0.25) is 0 Å². The molecule has 0 saturated carbocycles. The van der Waals surface area contributed by atoms with Crippen LogP contribution in [0.4, 0.5) is 0 Å². The Hall–Kier alpha value is -2.67. The second kappa shape index (κ2) is 6.84. The van der Waals surface area contributed by atoms with E-state index in [9.17, 15) is 9.59 Å². The summed E-state index contributed by atoms with van der Waals surface area (Å²) in [6, 6.07) is 14.1. The molecule has 2 aromatic carbocycles. The van der Waals surface area contributed by atoms with Crippen molar-refractivity contribution < 1.29 is 9.53 Å². The summed E-state index contributed by atoms with van der Waals surface area (Å²) in [6.45, 7) is 1.61. The molecule has 0 bridgehead atoms. The van der Waals surface area contributed by atoms with Crippen LogP contribution in [0.5, 0.6) is 5.75 Å². The van der Waals surface area contributed by atoms with E-state index < -0.39 is 12.0 Å². The van der Waals surface area contributed by atoms with Crippen LogP contribution in [0.3, 0.4) is 0 Å². The standard InChI is InChI=1S/C17H14BrN3O3/c1-11(24-13-8-6-12(18)7-9-13)16(22)20-21-10-19-15-5-3-2-4-14(15)17(21)23/h2-11H,1H3,(H,20,22). The van der Waals surface area contributed by atoms with Crippen molar-refractivity contribution in [3.05, 3.63) is 69.7 Å². The fourth-order valence-corrected chi connectivity index (χ4v) is 2.39. The van der Waals surface area contributed by atoms with Gasteiger partial charge in [0.25, 0.3) is 11.5 Å². The van der Waals surface area contributed by atoms with Gasteiger partial charge in [-0.15, -0.1) is 0 Å². The zero-order valence-corrected chi connectivity index (χ0v) is 14.4. The van der Waals surface area contributed by atoms with E-state index in [0.717, 1.165) is 9.15 Å². The Morgan fingerprint density at radius 2 is 1.92 bits per heavy atom. The van der Waals surface area contributed by atoms with Crippen LogP contribution in [0.25, 0.3) is 10.9 Å². The summed E-state index contributed by atoms with van der Waals surface area (Å²) in [5.74, 6) is 0.113. The van der Waals surface area contributed by atoms with Gasteiger partial charge in [0, 0.05) is 4.47 Å². The Kier molecular flexibility index (Phi) is 4.61. The van der Waals surface area contributed by atoms with Crippen molar-refractivity contribution in [2.45, 2.75) is 13.0 Å². The molecule has 1 heterocycles. The molecular formula is C17H14BrN3O3. The van der Waals surface area contributed by atoms with Gasteiger partial charge in [-0.1, -0.05) is 28.1 Å². The van der Waals surface area contributed by atoms with Crippen LogP contribution in [-0.2, 0) is 4.79 Å². The number of hydrogen-bond acceptors (Lipinski definition) is 4. The number of hydrogen-bond donors (Lipinski definition) is 1. The average Bonchev–Trinajstić information content (AvgIpc) is 2.59. The van der Waals surface area contributed by atoms with Crippen LogP contribution in [-0.4, -0.2) is 21.7 Å². The van der Waals surface area contributed by atoms with E-state index in [4.69, 9.17) is 4.74 Å². The Balaban J connectivity index is 1.75. The van der Waals surface area contributed by atoms with Crippen LogP contribution in [0, 0.1) is 0 Å². The maximum atomic E-state index is 12.3. The quantitative estimate of drug-likeness (QED) is 0.746. The van der Waals surface area contributed by atoms with Gasteiger partial charge in [-0.05, 0) is 43.3 Å². The van der Waals surface area contributed by atoms with E-state index in [2.05, 4.69) is 26.3 Å². The van der Waals surface area contributed by atoms with E-state index in [1.54, 1.807) is 43.3 Å². The molecule has 0 aliphatic rings. The topological polar surface area (TPSA) is 73.2 Å². The summed E-state index contributed by atoms with van der Waals surface area (Å²) in [7, 11) is 0. The molecule has 1 atom stereocenters. The molecule has 7 heteroatoms. The molecule has 0 aliphatic heterocycles. The summed E-state index contributed by atoms with van der Waals surface area (Å²) < 4.78 is 7.54. The molecule has 0 aliphatic carbocycles. The fraction of sp³-hybridized carbons (Fsp3) is 0.118. The molecule has 3 rings (SSSR count). The lowest BCUT2D eigenvalue weighted by molar-refractivity contribution is -0.123. The second-order valence-corrected chi connectivity index (χ2v) is 6.04. The Labute approximate surface area is 146 Å². The number of carbonyl (C=O) groups excluding carboxylic acids is 1. The molecular weight excluding hydrogens is 374 g/mol. The number of ether oxygens (including phenoxy) is 1. The number of amides is 1. The maximum Gasteiger partial charge on any atom is 0.280 e. The van der Waals surface area contributed by atoms with Crippen LogP contribution in [0.15, 0.2) is 64.1 Å². The fourth-order valence-electron chi connectivity index (χ4n) is 2.13. The smallest absolute Gasteiger partial charge is 0.280 e. The summed E-state index contributed by atoms with van der Waals surface area (Å²) in [4.78, 5) is 28.7. The molecule has 0 fully saturated rings. The van der Waals surface area contributed by atoms with Gasteiger partial charge in [0.05, 0.1) is 10.9 Å². The number of benzene rings is 2. The first-order valence-corrected chi connectivity index (χ1v) is 8.03. The Bertz CT molecular complexity index is 938. The molecule has 0 saturated heterocycles. The van der Waals surface area contributed by atoms with Crippen molar-refractivity contribution in [2.24, 2.45) is 0 Å². The molecule has 6 nitrogen and oxygen atoms in total. The van der Waals surface area contributed by atoms with Crippen LogP contribution in [0.2, 0.25) is 0 Å². The van der Waals surface area contributed by atoms with Crippen molar-refractivity contribution in [3.63, 3.8) is 0 Å². The van der Waals surface area contributed by atoms with Gasteiger partial charge < -0.3 is 4.74 Å². The number of carbonyl (C=O) groups is 1. The number of rotatable bonds is 4. The highest BCUT2D eigenvalue weighted by atomic mass is 79.9. The van der Waals surface area contributed by atoms with Gasteiger partial charge in [-0.25, -0.2) is 9.66 Å². The number of para-hydroxylation sites is 1. The van der Waals surface area contributed by atoms with Gasteiger partial charge in [-0.3, -0.25) is 15.0 Å². The Morgan fingerprint density at radius 3 is 2.67 bits per heavy atom. The molecule has 1 unspecified atom stereocenters. The first kappa shape index (κ1) is 16.2. The Morgan fingerprint density at radius 1 is 1.21 bits per heavy atom. The molecule has 1 aromatic heterocycles. The van der Waals surface area contributed by atoms with E-state index in [1.165, 1.54) is 6.33 Å². The SMILES string of the molecule is CC(Oc1ccc(Br)cc1)C(=O)Nn1cnc2ccccc2c1=O. The molecule has 1 amide bonds. The van der Waals surface area contributed by atoms with Crippen molar-refractivity contribution >= 4 is 32.7 Å². The zero-order valence-electron chi connectivity index (χ0n) is 12.8. The normalized spacial score (nSPS) is 11.9. The van der Waals surface area contributed by atoms with Gasteiger partial charge in [0.1, 0.15) is 12.1 Å². The summed E-state index contributed by atoms with van der Waals surface area (Å²) in [6.07, 6.45) is 0.513. The minimum Gasteiger partial charge on any atom is -0.481 e. The number of halogens is 1. The predicted molar refractivity (Wildman–Crippen MR) is 94.6 cm³/mol. The van der Waals surface area contributed by atoms with Gasteiger partial charge in [-0.2, -0.15) is 0 Å². The molecule has 1 N–H and O–H groups in total. The van der Waals surface area contributed by atoms with E-state index in [0.29, 0.717) is 16.7 Å². The van der Waals surface area contributed by atoms with Crippen molar-refractivity contribution in [2.75, 3.05) is 5.43 Å². The lowest BCUT2D eigenvalue weighted by Crippen LogP contribution is -2.39. The molecule has 0 radical (unpaired) electrons. The van der Waals surface area contributed by atoms with Gasteiger partial charge >= 0.3 is 0 Å². The van der Waals surface area contributed by atoms with Gasteiger partial charge in [0.15, 0.2) is 6.10 Å². The highest BCUT2D eigenvalue weighted by Gasteiger charge is 2.16. The molecule has 0 spiro atoms. The number of nitrogens with zero attached hydrogens (tertiary/aromatic N) is 2. The van der Waals surface area contributed by atoms with Crippen molar-refractivity contribution in [1.29, 1.82) is 0 Å². The lowest BCUT2D eigenvalue weighted by atomic mass is 10.2. The van der Waals surface area contributed by atoms with Crippen LogP contribution >= 0.6 is 15.9 Å². The first-order valence-electron chi connectivity index (χ1n) is 7.24. The van der Waals surface area contributed by atoms with Crippen LogP contribution in [0.1, 0.15) is 6.92 Å². The lowest BCUT2D eigenvalue weighted by Gasteiger charge is -2.15. The number of aromatic nitrogens is 2. The third-order valence-corrected chi connectivity index (χ3v) is 3.92. The minimum absolute atomic E-state index is 0.343. The van der Waals surface area contributed by atoms with Crippen molar-refractivity contribution in [3.8, 4) is 5.75 Å². The highest BCUT2D eigenvalue weighted by Crippen LogP contribution is 2.17. The van der Waals surface area contributed by atoms with E-state index in [1.807, 2.05) is 12.1 Å². The largest absolute Gasteiger partial charge is 0.481 e. The van der Waals surface area contributed by atoms with Crippen molar-refractivity contribution in [1.82, 2.24) is 9.66 Å². The highest BCUT2D eigenvalue weighted by molar-refractivity contribution is 9.10. The summed E-state index contributed by atoms with van der Waals surface area (Å²) in [5, 5.41) is 0.432. The minimum atomic E-state index is -0.774. The molecule has 3 aromatic rings. The van der Waals surface area contributed by atoms with E-state index >= 15 is 0 Å². The number of fused-ring (bicyclic) bond motifs is 1. The third-order valence-electron chi connectivity index (χ3n) is 3.39. The zero-order chi connectivity index (χ0) is 17.1. The first-order chi connectivity index (χ1) is 11.5. The number of nitrogens with one attached hydrogen (secondary N) is 1. The van der Waals surface area contributed by atoms with Crippen LogP contribution < -0.4 is 15.7 Å². The molecule has 24 heavy (non-hydrogen) atoms. The average molecular weight is 388 g/mol. The monoisotopic (exact) mass is 387 g/mol. The van der Waals surface area contributed by atoms with E-state index in [-0.39, 0.29) is 5.56 Å². The second-order valence-electron chi connectivity index (χ2n) is 5.13. The summed E-state index contributed by atoms with van der Waals surface area (Å²) in [5.41, 5.74) is 2.74. The predicted octanol–water partition coefficient (Wildman–Crippen LogP) is 2.70. The molecule has 122 valence electrons. The maximum absolute atomic E-state index is 12.3. The summed E-state index contributed by atoms with van der Waals surface area (Å²) >= 11 is 3.33. The third kappa shape index (κ3) is 3.46.